The van der Waals surface area contributed by atoms with E-state index in [1.807, 2.05) is 62.4 Å². The van der Waals surface area contributed by atoms with Crippen LogP contribution in [-0.2, 0) is 0 Å². The van der Waals surface area contributed by atoms with E-state index >= 15 is 0 Å². The molecule has 2 aromatic rings. The fourth-order valence-corrected chi connectivity index (χ4v) is 2.19. The number of benzene rings is 2. The van der Waals surface area contributed by atoms with Crippen LogP contribution in [0.15, 0.2) is 68.9 Å². The second-order valence-electron chi connectivity index (χ2n) is 5.58. The molecule has 0 amide bonds. The van der Waals surface area contributed by atoms with Crippen LogP contribution in [0.1, 0.15) is 25.0 Å². The van der Waals surface area contributed by atoms with E-state index in [-0.39, 0.29) is 11.9 Å². The summed E-state index contributed by atoms with van der Waals surface area (Å²) in [5.74, 6) is -0.139. The van der Waals surface area contributed by atoms with Crippen LogP contribution in [0, 0.1) is 0 Å². The van der Waals surface area contributed by atoms with Crippen molar-refractivity contribution in [1.82, 2.24) is 0 Å². The van der Waals surface area contributed by atoms with Gasteiger partial charge in [0.15, 0.2) is 0 Å². The van der Waals surface area contributed by atoms with Crippen LogP contribution < -0.4 is 22.9 Å². The Balaban J connectivity index is 2.19. The second-order valence-corrected chi connectivity index (χ2v) is 5.58. The van der Waals surface area contributed by atoms with Crippen molar-refractivity contribution in [2.45, 2.75) is 13.8 Å². The second kappa shape index (κ2) is 8.43. The molecule has 26 heavy (non-hydrogen) atoms. The number of guanidine groups is 2. The van der Waals surface area contributed by atoms with Gasteiger partial charge < -0.3 is 22.9 Å². The smallest absolute Gasteiger partial charge is 0.211 e. The molecular weight excluding hydrogens is 328 g/mol. The Morgan fingerprint density at radius 2 is 0.846 bits per heavy atom. The quantitative estimate of drug-likeness (QED) is 0.365. The van der Waals surface area contributed by atoms with Crippen LogP contribution in [0.5, 0.6) is 0 Å². The van der Waals surface area contributed by atoms with Crippen molar-refractivity contribution in [2.75, 3.05) is 0 Å². The Morgan fingerprint density at radius 1 is 0.538 bits per heavy atom. The molecule has 8 nitrogen and oxygen atoms in total. The predicted molar refractivity (Wildman–Crippen MR) is 108 cm³/mol. The minimum Gasteiger partial charge on any atom is -0.369 e. The van der Waals surface area contributed by atoms with Gasteiger partial charge in [-0.25, -0.2) is 0 Å². The van der Waals surface area contributed by atoms with Crippen molar-refractivity contribution in [3.63, 3.8) is 0 Å². The number of hydrogen-bond donors (Lipinski definition) is 4. The van der Waals surface area contributed by atoms with Crippen molar-refractivity contribution >= 4 is 23.3 Å². The lowest BCUT2D eigenvalue weighted by Crippen LogP contribution is -2.22. The van der Waals surface area contributed by atoms with E-state index in [1.165, 1.54) is 0 Å². The van der Waals surface area contributed by atoms with Crippen molar-refractivity contribution in [3.05, 3.63) is 59.7 Å². The fraction of sp³-hybridized carbons (Fsp3) is 0.111. The third-order valence-corrected chi connectivity index (χ3v) is 3.57. The average molecular weight is 350 g/mol. The molecular formula is C18H22N8. The molecule has 0 aliphatic carbocycles. The van der Waals surface area contributed by atoms with Gasteiger partial charge in [-0.3, -0.25) is 0 Å². The molecule has 0 unspecified atom stereocenters. The number of nitrogens with two attached hydrogens (primary N) is 4. The van der Waals surface area contributed by atoms with Crippen LogP contribution in [0.25, 0.3) is 11.1 Å². The first-order valence-corrected chi connectivity index (χ1v) is 7.84. The van der Waals surface area contributed by atoms with E-state index in [9.17, 15) is 0 Å². The van der Waals surface area contributed by atoms with Crippen molar-refractivity contribution < 1.29 is 0 Å². The molecule has 0 saturated carbocycles. The summed E-state index contributed by atoms with van der Waals surface area (Å²) < 4.78 is 0. The standard InChI is InChI=1S/C18H22N8/c1-11(23-25-17(19)20)13-3-7-15(8-4-13)16-9-5-14(6-10-16)12(2)24-26-18(21)22/h3-10H,1-2H3,(H4,19,20,25)(H4,21,22,26)/b23-11+,24-12+. The summed E-state index contributed by atoms with van der Waals surface area (Å²) >= 11 is 0. The van der Waals surface area contributed by atoms with E-state index in [0.29, 0.717) is 0 Å². The fourth-order valence-electron chi connectivity index (χ4n) is 2.19. The summed E-state index contributed by atoms with van der Waals surface area (Å²) in [5.41, 5.74) is 26.6. The maximum atomic E-state index is 5.28. The van der Waals surface area contributed by atoms with Gasteiger partial charge in [0.25, 0.3) is 0 Å². The lowest BCUT2D eigenvalue weighted by atomic mass is 10.0. The number of nitrogens with zero attached hydrogens (tertiary/aromatic N) is 4. The van der Waals surface area contributed by atoms with Crippen molar-refractivity contribution in [1.29, 1.82) is 0 Å². The van der Waals surface area contributed by atoms with Crippen LogP contribution in [0.2, 0.25) is 0 Å². The van der Waals surface area contributed by atoms with Crippen LogP contribution >= 0.6 is 0 Å². The maximum Gasteiger partial charge on any atom is 0.211 e. The first-order chi connectivity index (χ1) is 12.4. The number of rotatable bonds is 5. The molecule has 134 valence electrons. The molecule has 2 aromatic carbocycles. The van der Waals surface area contributed by atoms with E-state index in [1.54, 1.807) is 0 Å². The lowest BCUT2D eigenvalue weighted by molar-refractivity contribution is 1.19. The zero-order chi connectivity index (χ0) is 19.1. The highest BCUT2D eigenvalue weighted by atomic mass is 15.3. The summed E-state index contributed by atoms with van der Waals surface area (Å²) in [6, 6.07) is 15.9. The van der Waals surface area contributed by atoms with E-state index < -0.39 is 0 Å². The third-order valence-electron chi connectivity index (χ3n) is 3.57. The largest absolute Gasteiger partial charge is 0.369 e. The molecule has 0 heterocycles. The zero-order valence-electron chi connectivity index (χ0n) is 14.7. The first-order valence-electron chi connectivity index (χ1n) is 7.84. The molecule has 0 aromatic heterocycles. The highest BCUT2D eigenvalue weighted by molar-refractivity contribution is 6.00. The third kappa shape index (κ3) is 5.17. The Labute approximate surface area is 152 Å². The first kappa shape index (κ1) is 18.7. The molecule has 8 heteroatoms. The Morgan fingerprint density at radius 3 is 1.12 bits per heavy atom. The van der Waals surface area contributed by atoms with Gasteiger partial charge in [-0.2, -0.15) is 10.2 Å². The molecule has 2 rings (SSSR count). The van der Waals surface area contributed by atoms with E-state index in [2.05, 4.69) is 20.4 Å². The molecule has 0 radical (unpaired) electrons. The van der Waals surface area contributed by atoms with Gasteiger partial charge in [0.1, 0.15) is 0 Å². The minimum absolute atomic E-state index is 0.0697. The molecule has 0 aliphatic heterocycles. The molecule has 0 spiro atoms. The predicted octanol–water partition coefficient (Wildman–Crippen LogP) is 1.35. The zero-order valence-corrected chi connectivity index (χ0v) is 14.7. The maximum absolute atomic E-state index is 5.28. The Hall–Kier alpha value is -3.68. The Bertz CT molecular complexity index is 791. The van der Waals surface area contributed by atoms with Gasteiger partial charge in [0, 0.05) is 0 Å². The summed E-state index contributed by atoms with van der Waals surface area (Å²) in [5, 5.41) is 15.3. The molecule has 8 N–H and O–H groups in total. The highest BCUT2D eigenvalue weighted by Gasteiger charge is 2.02. The summed E-state index contributed by atoms with van der Waals surface area (Å²) in [6.45, 7) is 3.68. The monoisotopic (exact) mass is 350 g/mol. The van der Waals surface area contributed by atoms with Gasteiger partial charge in [-0.1, -0.05) is 48.5 Å². The van der Waals surface area contributed by atoms with Crippen molar-refractivity contribution in [3.8, 4) is 11.1 Å². The van der Waals surface area contributed by atoms with Crippen LogP contribution in [0.3, 0.4) is 0 Å². The molecule has 0 saturated heterocycles. The normalized spacial score (nSPS) is 11.8. The van der Waals surface area contributed by atoms with Gasteiger partial charge in [-0.05, 0) is 36.1 Å². The molecule has 0 atom stereocenters. The van der Waals surface area contributed by atoms with Gasteiger partial charge in [0.2, 0.25) is 11.9 Å². The van der Waals surface area contributed by atoms with Gasteiger partial charge in [0.05, 0.1) is 11.4 Å². The average Bonchev–Trinajstić information content (AvgIpc) is 2.64. The van der Waals surface area contributed by atoms with E-state index in [4.69, 9.17) is 22.9 Å². The molecule has 0 fully saturated rings. The molecule has 0 bridgehead atoms. The van der Waals surface area contributed by atoms with Gasteiger partial charge >= 0.3 is 0 Å². The summed E-state index contributed by atoms with van der Waals surface area (Å²) in [7, 11) is 0. The SMILES string of the molecule is C/C(=N\N=C(N)N)c1ccc(-c2ccc(/C(C)=N/N=C(N)N)cc2)cc1. The Kier molecular flexibility index (Phi) is 6.05. The van der Waals surface area contributed by atoms with Gasteiger partial charge in [-0.15, -0.1) is 10.2 Å². The van der Waals surface area contributed by atoms with E-state index in [0.717, 1.165) is 33.7 Å². The van der Waals surface area contributed by atoms with Crippen LogP contribution in [0.4, 0.5) is 0 Å². The number of hydrogen-bond acceptors (Lipinski definition) is 4. The summed E-state index contributed by atoms with van der Waals surface area (Å²) in [4.78, 5) is 0. The highest BCUT2D eigenvalue weighted by Crippen LogP contribution is 2.21. The summed E-state index contributed by atoms with van der Waals surface area (Å²) in [6.07, 6.45) is 0. The van der Waals surface area contributed by atoms with Crippen molar-refractivity contribution in [2.24, 2.45) is 43.3 Å². The topological polar surface area (TPSA) is 154 Å². The molecule has 0 aliphatic rings. The van der Waals surface area contributed by atoms with Crippen LogP contribution in [-0.4, -0.2) is 23.3 Å². The lowest BCUT2D eigenvalue weighted by Gasteiger charge is -2.06. The minimum atomic E-state index is -0.0697.